The number of hydrogen-bond donors (Lipinski definition) is 1. The van der Waals surface area contributed by atoms with Crippen LogP contribution in [0, 0.1) is 11.6 Å². The molecule has 98 valence electrons. The minimum atomic E-state index is -0.786. The van der Waals surface area contributed by atoms with E-state index in [0.29, 0.717) is 6.42 Å². The van der Waals surface area contributed by atoms with Gasteiger partial charge < -0.3 is 5.32 Å². The van der Waals surface area contributed by atoms with E-state index in [2.05, 4.69) is 17.4 Å². The summed E-state index contributed by atoms with van der Waals surface area (Å²) in [6.07, 6.45) is 2.75. The monoisotopic (exact) mass is 259 g/mol. The predicted molar refractivity (Wildman–Crippen MR) is 72.2 cm³/mol. The highest BCUT2D eigenvalue weighted by atomic mass is 19.2. The molecule has 0 aliphatic carbocycles. The van der Waals surface area contributed by atoms with Gasteiger partial charge in [0.1, 0.15) is 0 Å². The number of para-hydroxylation sites is 1. The summed E-state index contributed by atoms with van der Waals surface area (Å²) in [5.74, 6) is -1.56. The van der Waals surface area contributed by atoms with Crippen LogP contribution in [0.1, 0.15) is 17.5 Å². The zero-order chi connectivity index (χ0) is 13.2. The van der Waals surface area contributed by atoms with Crippen molar-refractivity contribution in [2.24, 2.45) is 0 Å². The molecule has 0 saturated heterocycles. The maximum Gasteiger partial charge on any atom is 0.159 e. The standard InChI is InChI=1S/C16H15F2N/c17-14-8-5-11(10-15(14)18)9-13-7-6-12-3-1-2-4-16(12)19-13/h1-5,8,10,13,19H,6-7,9H2. The lowest BCUT2D eigenvalue weighted by Crippen LogP contribution is -2.27. The molecule has 1 heterocycles. The Kier molecular flexibility index (Phi) is 3.20. The molecule has 1 unspecified atom stereocenters. The van der Waals surface area contributed by atoms with E-state index in [9.17, 15) is 8.78 Å². The van der Waals surface area contributed by atoms with Crippen molar-refractivity contribution >= 4 is 5.69 Å². The van der Waals surface area contributed by atoms with Gasteiger partial charge in [-0.25, -0.2) is 8.78 Å². The molecule has 0 aromatic heterocycles. The molecular formula is C16H15F2N. The summed E-state index contributed by atoms with van der Waals surface area (Å²) in [4.78, 5) is 0. The molecule has 0 amide bonds. The minimum Gasteiger partial charge on any atom is -0.382 e. The van der Waals surface area contributed by atoms with Crippen LogP contribution in [0.15, 0.2) is 42.5 Å². The normalized spacial score (nSPS) is 17.7. The van der Waals surface area contributed by atoms with E-state index in [-0.39, 0.29) is 6.04 Å². The van der Waals surface area contributed by atoms with Crippen molar-refractivity contribution in [1.82, 2.24) is 0 Å². The third-order valence-corrected chi connectivity index (χ3v) is 3.61. The molecule has 0 saturated carbocycles. The van der Waals surface area contributed by atoms with E-state index in [4.69, 9.17) is 0 Å². The highest BCUT2D eigenvalue weighted by Crippen LogP contribution is 2.26. The number of rotatable bonds is 2. The molecule has 3 heteroatoms. The summed E-state index contributed by atoms with van der Waals surface area (Å²) < 4.78 is 26.1. The average Bonchev–Trinajstić information content (AvgIpc) is 2.43. The fourth-order valence-corrected chi connectivity index (χ4v) is 2.61. The van der Waals surface area contributed by atoms with Gasteiger partial charge in [0.2, 0.25) is 0 Å². The maximum absolute atomic E-state index is 13.2. The molecule has 3 rings (SSSR count). The minimum absolute atomic E-state index is 0.278. The van der Waals surface area contributed by atoms with Crippen molar-refractivity contribution < 1.29 is 8.78 Å². The van der Waals surface area contributed by atoms with Gasteiger partial charge in [-0.1, -0.05) is 24.3 Å². The molecule has 2 aromatic carbocycles. The highest BCUT2D eigenvalue weighted by molar-refractivity contribution is 5.53. The molecule has 1 N–H and O–H groups in total. The van der Waals surface area contributed by atoms with Crippen molar-refractivity contribution in [3.63, 3.8) is 0 Å². The Bertz CT molecular complexity index is 595. The van der Waals surface area contributed by atoms with E-state index in [1.54, 1.807) is 6.07 Å². The lowest BCUT2D eigenvalue weighted by atomic mass is 9.94. The highest BCUT2D eigenvalue weighted by Gasteiger charge is 2.17. The number of benzene rings is 2. The predicted octanol–water partition coefficient (Wildman–Crippen LogP) is 3.93. The number of nitrogens with one attached hydrogen (secondary N) is 1. The Morgan fingerprint density at radius 1 is 1.05 bits per heavy atom. The van der Waals surface area contributed by atoms with Crippen LogP contribution in [0.25, 0.3) is 0 Å². The SMILES string of the molecule is Fc1ccc(CC2CCc3ccccc3N2)cc1F. The molecule has 2 aromatic rings. The van der Waals surface area contributed by atoms with Crippen LogP contribution in [0.4, 0.5) is 14.5 Å². The van der Waals surface area contributed by atoms with E-state index in [1.165, 1.54) is 17.7 Å². The van der Waals surface area contributed by atoms with Crippen LogP contribution >= 0.6 is 0 Å². The molecule has 0 radical (unpaired) electrons. The lowest BCUT2D eigenvalue weighted by Gasteiger charge is -2.27. The quantitative estimate of drug-likeness (QED) is 0.861. The van der Waals surface area contributed by atoms with Crippen LogP contribution < -0.4 is 5.32 Å². The summed E-state index contributed by atoms with van der Waals surface area (Å²) in [5.41, 5.74) is 3.31. The van der Waals surface area contributed by atoms with Crippen molar-refractivity contribution in [3.05, 3.63) is 65.2 Å². The van der Waals surface area contributed by atoms with Crippen LogP contribution in [0.2, 0.25) is 0 Å². The van der Waals surface area contributed by atoms with Crippen molar-refractivity contribution in [2.75, 3.05) is 5.32 Å². The van der Waals surface area contributed by atoms with Crippen molar-refractivity contribution in [1.29, 1.82) is 0 Å². The first kappa shape index (κ1) is 12.2. The zero-order valence-corrected chi connectivity index (χ0v) is 10.5. The Morgan fingerprint density at radius 3 is 2.74 bits per heavy atom. The molecular weight excluding hydrogens is 244 g/mol. The van der Waals surface area contributed by atoms with Crippen LogP contribution in [-0.2, 0) is 12.8 Å². The van der Waals surface area contributed by atoms with Crippen LogP contribution in [0.3, 0.4) is 0 Å². The van der Waals surface area contributed by atoms with E-state index >= 15 is 0 Å². The van der Waals surface area contributed by atoms with Gasteiger partial charge in [0.15, 0.2) is 11.6 Å². The first-order chi connectivity index (χ1) is 9.22. The van der Waals surface area contributed by atoms with Crippen molar-refractivity contribution in [2.45, 2.75) is 25.3 Å². The second-order valence-corrected chi connectivity index (χ2v) is 4.99. The van der Waals surface area contributed by atoms with Crippen LogP contribution in [0.5, 0.6) is 0 Å². The molecule has 19 heavy (non-hydrogen) atoms. The molecule has 1 aliphatic rings. The van der Waals surface area contributed by atoms with E-state index < -0.39 is 11.6 Å². The van der Waals surface area contributed by atoms with Crippen LogP contribution in [-0.4, -0.2) is 6.04 Å². The maximum atomic E-state index is 13.2. The van der Waals surface area contributed by atoms with Gasteiger partial charge in [0.05, 0.1) is 0 Å². The van der Waals surface area contributed by atoms with Gasteiger partial charge in [0, 0.05) is 11.7 Å². The van der Waals surface area contributed by atoms with Gasteiger partial charge in [-0.05, 0) is 48.6 Å². The Hall–Kier alpha value is -1.90. The summed E-state index contributed by atoms with van der Waals surface area (Å²) in [7, 11) is 0. The second-order valence-electron chi connectivity index (χ2n) is 4.99. The number of aryl methyl sites for hydroxylation is 1. The molecule has 1 atom stereocenters. The largest absolute Gasteiger partial charge is 0.382 e. The first-order valence-electron chi connectivity index (χ1n) is 6.51. The number of hydrogen-bond acceptors (Lipinski definition) is 1. The van der Waals surface area contributed by atoms with Gasteiger partial charge in [-0.2, -0.15) is 0 Å². The lowest BCUT2D eigenvalue weighted by molar-refractivity contribution is 0.505. The van der Waals surface area contributed by atoms with Gasteiger partial charge in [0.25, 0.3) is 0 Å². The van der Waals surface area contributed by atoms with Crippen molar-refractivity contribution in [3.8, 4) is 0 Å². The zero-order valence-electron chi connectivity index (χ0n) is 10.5. The Balaban J connectivity index is 1.73. The molecule has 1 nitrogen and oxygen atoms in total. The number of anilines is 1. The second kappa shape index (κ2) is 5.00. The summed E-state index contributed by atoms with van der Waals surface area (Å²) in [5, 5.41) is 3.46. The summed E-state index contributed by atoms with van der Waals surface area (Å²) in [6.45, 7) is 0. The Morgan fingerprint density at radius 2 is 1.89 bits per heavy atom. The van der Waals surface area contributed by atoms with Gasteiger partial charge >= 0.3 is 0 Å². The topological polar surface area (TPSA) is 12.0 Å². The van der Waals surface area contributed by atoms with E-state index in [0.717, 1.165) is 24.1 Å². The van der Waals surface area contributed by atoms with Gasteiger partial charge in [-0.3, -0.25) is 0 Å². The third kappa shape index (κ3) is 2.60. The molecule has 0 fully saturated rings. The van der Waals surface area contributed by atoms with E-state index in [1.807, 2.05) is 12.1 Å². The molecule has 0 spiro atoms. The Labute approximate surface area is 111 Å². The average molecular weight is 259 g/mol. The summed E-state index contributed by atoms with van der Waals surface area (Å²) in [6, 6.07) is 12.6. The molecule has 1 aliphatic heterocycles. The summed E-state index contributed by atoms with van der Waals surface area (Å²) >= 11 is 0. The first-order valence-corrected chi connectivity index (χ1v) is 6.51. The fraction of sp³-hybridized carbons (Fsp3) is 0.250. The fourth-order valence-electron chi connectivity index (χ4n) is 2.61. The third-order valence-electron chi connectivity index (χ3n) is 3.61. The number of halogens is 2. The number of fused-ring (bicyclic) bond motifs is 1. The van der Waals surface area contributed by atoms with Gasteiger partial charge in [-0.15, -0.1) is 0 Å². The molecule has 0 bridgehead atoms. The smallest absolute Gasteiger partial charge is 0.159 e.